The fraction of sp³-hybridized carbons (Fsp3) is 0.750. The molecule has 2 saturated heterocycles. The van der Waals surface area contributed by atoms with Crippen LogP contribution < -0.4 is 0 Å². The Labute approximate surface area is 111 Å². The number of carboxylic acids is 1. The van der Waals surface area contributed by atoms with Crippen LogP contribution in [0.3, 0.4) is 0 Å². The molecule has 0 bridgehead atoms. The Hall–Kier alpha value is -1.47. The van der Waals surface area contributed by atoms with Crippen molar-refractivity contribution in [2.75, 3.05) is 26.3 Å². The highest BCUT2D eigenvalue weighted by Crippen LogP contribution is 2.27. The van der Waals surface area contributed by atoms with E-state index >= 15 is 0 Å². The van der Waals surface area contributed by atoms with Gasteiger partial charge in [0.1, 0.15) is 0 Å². The molecule has 0 saturated carbocycles. The van der Waals surface area contributed by atoms with Crippen molar-refractivity contribution in [3.05, 3.63) is 11.9 Å². The number of rotatable bonds is 3. The summed E-state index contributed by atoms with van der Waals surface area (Å²) >= 11 is 0. The number of carboxylic acid groups (broad SMARTS) is 1. The van der Waals surface area contributed by atoms with Gasteiger partial charge in [0.15, 0.2) is 5.69 Å². The van der Waals surface area contributed by atoms with E-state index in [9.17, 15) is 4.79 Å². The first kappa shape index (κ1) is 12.6. The molecule has 1 unspecified atom stereocenters. The van der Waals surface area contributed by atoms with Crippen molar-refractivity contribution < 1.29 is 14.6 Å². The Balaban J connectivity index is 1.55. The Bertz CT molecular complexity index is 448. The fourth-order valence-corrected chi connectivity index (χ4v) is 2.76. The molecule has 19 heavy (non-hydrogen) atoms. The minimum Gasteiger partial charge on any atom is -0.476 e. The third kappa shape index (κ3) is 2.62. The molecule has 1 aromatic rings. The van der Waals surface area contributed by atoms with Crippen molar-refractivity contribution in [3.63, 3.8) is 0 Å². The van der Waals surface area contributed by atoms with Gasteiger partial charge in [-0.25, -0.2) is 9.48 Å². The number of ether oxygens (including phenoxy) is 1. The number of hydrogen-bond acceptors (Lipinski definition) is 5. The molecule has 0 spiro atoms. The summed E-state index contributed by atoms with van der Waals surface area (Å²) in [6, 6.07) is 0.853. The van der Waals surface area contributed by atoms with E-state index in [1.54, 1.807) is 4.68 Å². The zero-order chi connectivity index (χ0) is 13.2. The second-order valence-corrected chi connectivity index (χ2v) is 5.19. The van der Waals surface area contributed by atoms with Crippen molar-refractivity contribution in [1.82, 2.24) is 19.9 Å². The van der Waals surface area contributed by atoms with Gasteiger partial charge < -0.3 is 9.84 Å². The Kier molecular flexibility index (Phi) is 3.48. The van der Waals surface area contributed by atoms with Gasteiger partial charge in [-0.2, -0.15) is 0 Å². The molecule has 2 fully saturated rings. The van der Waals surface area contributed by atoms with E-state index in [2.05, 4.69) is 15.2 Å². The third-order valence-corrected chi connectivity index (χ3v) is 3.93. The normalized spacial score (nSPS) is 25.8. The highest BCUT2D eigenvalue weighted by atomic mass is 16.5. The summed E-state index contributed by atoms with van der Waals surface area (Å²) in [4.78, 5) is 13.2. The van der Waals surface area contributed by atoms with Gasteiger partial charge in [0.05, 0.1) is 12.2 Å². The van der Waals surface area contributed by atoms with Gasteiger partial charge >= 0.3 is 5.97 Å². The molecule has 0 amide bonds. The molecule has 0 aromatic carbocycles. The predicted octanol–water partition coefficient (Wildman–Crippen LogP) is 0.402. The molecule has 0 radical (unpaired) electrons. The highest BCUT2D eigenvalue weighted by Gasteiger charge is 2.34. The molecular weight excluding hydrogens is 248 g/mol. The smallest absolute Gasteiger partial charge is 0.358 e. The van der Waals surface area contributed by atoms with Crippen LogP contribution >= 0.6 is 0 Å². The van der Waals surface area contributed by atoms with Crippen LogP contribution in [0.25, 0.3) is 0 Å². The predicted molar refractivity (Wildman–Crippen MR) is 66.0 cm³/mol. The largest absolute Gasteiger partial charge is 0.476 e. The molecule has 1 N–H and O–H groups in total. The molecule has 3 rings (SSSR count). The molecule has 7 nitrogen and oxygen atoms in total. The molecular formula is C12H18N4O3. The third-order valence-electron chi connectivity index (χ3n) is 3.93. The van der Waals surface area contributed by atoms with E-state index < -0.39 is 5.97 Å². The lowest BCUT2D eigenvalue weighted by atomic mass is 10.0. The molecule has 2 aliphatic rings. The lowest BCUT2D eigenvalue weighted by Crippen LogP contribution is -2.52. The average Bonchev–Trinajstić information content (AvgIpc) is 2.65. The summed E-state index contributed by atoms with van der Waals surface area (Å²) in [7, 11) is 0. The summed E-state index contributed by atoms with van der Waals surface area (Å²) in [6.45, 7) is 3.57. The van der Waals surface area contributed by atoms with Crippen molar-refractivity contribution in [3.8, 4) is 0 Å². The van der Waals surface area contributed by atoms with Gasteiger partial charge in [0, 0.05) is 32.3 Å². The number of carbonyl (C=O) groups is 1. The molecule has 3 heterocycles. The average molecular weight is 266 g/mol. The zero-order valence-electron chi connectivity index (χ0n) is 10.7. The number of likely N-dealkylation sites (tertiary alicyclic amines) is 1. The van der Waals surface area contributed by atoms with E-state index in [0.29, 0.717) is 6.04 Å². The van der Waals surface area contributed by atoms with Crippen molar-refractivity contribution in [2.24, 2.45) is 0 Å². The number of aromatic nitrogens is 3. The summed E-state index contributed by atoms with van der Waals surface area (Å²) in [5.41, 5.74) is 0.0151. The van der Waals surface area contributed by atoms with Crippen molar-refractivity contribution in [1.29, 1.82) is 0 Å². The Morgan fingerprint density at radius 3 is 2.89 bits per heavy atom. The van der Waals surface area contributed by atoms with E-state index in [4.69, 9.17) is 9.84 Å². The summed E-state index contributed by atoms with van der Waals surface area (Å²) < 4.78 is 7.14. The second kappa shape index (κ2) is 5.26. The molecule has 7 heteroatoms. The minimum absolute atomic E-state index is 0.0151. The molecule has 104 valence electrons. The summed E-state index contributed by atoms with van der Waals surface area (Å²) in [6.07, 6.45) is 4.91. The van der Waals surface area contributed by atoms with Crippen molar-refractivity contribution >= 4 is 5.97 Å². The Morgan fingerprint density at radius 2 is 2.16 bits per heavy atom. The first-order valence-corrected chi connectivity index (χ1v) is 6.71. The quantitative estimate of drug-likeness (QED) is 0.853. The maximum absolute atomic E-state index is 10.8. The molecule has 1 aromatic heterocycles. The molecule has 2 aliphatic heterocycles. The SMILES string of the molecule is O=C(O)c1cn(C2CN(C3CCCOCC3)C2)nn1. The van der Waals surface area contributed by atoms with Crippen LogP contribution in [0.2, 0.25) is 0 Å². The summed E-state index contributed by atoms with van der Waals surface area (Å²) in [5, 5.41) is 16.4. The van der Waals surface area contributed by atoms with Crippen molar-refractivity contribution in [2.45, 2.75) is 31.3 Å². The van der Waals surface area contributed by atoms with Gasteiger partial charge in [0.25, 0.3) is 0 Å². The first-order valence-electron chi connectivity index (χ1n) is 6.71. The van der Waals surface area contributed by atoms with Crippen LogP contribution in [0.5, 0.6) is 0 Å². The number of nitrogens with zero attached hydrogens (tertiary/aromatic N) is 4. The Morgan fingerprint density at radius 1 is 1.32 bits per heavy atom. The van der Waals surface area contributed by atoms with Crippen LogP contribution in [0.1, 0.15) is 35.8 Å². The number of hydrogen-bond donors (Lipinski definition) is 1. The van der Waals surface area contributed by atoms with Crippen LogP contribution in [0.4, 0.5) is 0 Å². The topological polar surface area (TPSA) is 80.5 Å². The molecule has 1 atom stereocenters. The van der Waals surface area contributed by atoms with Gasteiger partial charge in [0.2, 0.25) is 0 Å². The monoisotopic (exact) mass is 266 g/mol. The summed E-state index contributed by atoms with van der Waals surface area (Å²) in [5.74, 6) is -1.02. The molecule has 0 aliphatic carbocycles. The number of aromatic carboxylic acids is 1. The lowest BCUT2D eigenvalue weighted by Gasteiger charge is -2.43. The van der Waals surface area contributed by atoms with Gasteiger partial charge in [-0.1, -0.05) is 5.21 Å². The maximum Gasteiger partial charge on any atom is 0.358 e. The van der Waals surface area contributed by atoms with Gasteiger partial charge in [-0.15, -0.1) is 5.10 Å². The van der Waals surface area contributed by atoms with Gasteiger partial charge in [-0.3, -0.25) is 4.90 Å². The zero-order valence-corrected chi connectivity index (χ0v) is 10.7. The van der Waals surface area contributed by atoms with Crippen LogP contribution in [-0.2, 0) is 4.74 Å². The highest BCUT2D eigenvalue weighted by molar-refractivity contribution is 5.84. The van der Waals surface area contributed by atoms with E-state index in [-0.39, 0.29) is 11.7 Å². The lowest BCUT2D eigenvalue weighted by molar-refractivity contribution is 0.0412. The van der Waals surface area contributed by atoms with E-state index in [0.717, 1.165) is 39.1 Å². The van der Waals surface area contributed by atoms with Gasteiger partial charge in [-0.05, 0) is 19.3 Å². The van der Waals surface area contributed by atoms with Crippen LogP contribution in [-0.4, -0.2) is 63.3 Å². The minimum atomic E-state index is -1.02. The van der Waals surface area contributed by atoms with E-state index in [1.165, 1.54) is 12.6 Å². The second-order valence-electron chi connectivity index (χ2n) is 5.19. The van der Waals surface area contributed by atoms with Crippen LogP contribution in [0, 0.1) is 0 Å². The first-order chi connectivity index (χ1) is 9.24. The standard InChI is InChI=1S/C12H18N4O3/c17-12(18)11-8-16(14-13-11)10-6-15(7-10)9-2-1-4-19-5-3-9/h8-10H,1-7H2,(H,17,18). The fourth-order valence-electron chi connectivity index (χ4n) is 2.76. The van der Waals surface area contributed by atoms with E-state index in [1.807, 2.05) is 0 Å². The van der Waals surface area contributed by atoms with Crippen LogP contribution in [0.15, 0.2) is 6.20 Å². The maximum atomic E-state index is 10.8.